The van der Waals surface area contributed by atoms with Gasteiger partial charge in [0.1, 0.15) is 6.04 Å². The van der Waals surface area contributed by atoms with Crippen molar-refractivity contribution in [1.82, 2.24) is 10.2 Å². The van der Waals surface area contributed by atoms with E-state index in [1.807, 2.05) is 0 Å². The van der Waals surface area contributed by atoms with E-state index in [2.05, 4.69) is 10.1 Å². The molecule has 2 amide bonds. The first-order valence-electron chi connectivity index (χ1n) is 5.14. The quantitative estimate of drug-likeness (QED) is 0.664. The van der Waals surface area contributed by atoms with E-state index in [0.29, 0.717) is 0 Å². The molecule has 0 saturated carbocycles. The van der Waals surface area contributed by atoms with E-state index in [4.69, 9.17) is 5.73 Å². The fourth-order valence-electron chi connectivity index (χ4n) is 1.85. The molecule has 0 unspecified atom stereocenters. The van der Waals surface area contributed by atoms with Crippen LogP contribution in [-0.4, -0.2) is 55.6 Å². The Kier molecular flexibility index (Phi) is 4.76. The van der Waals surface area contributed by atoms with Crippen LogP contribution in [0.4, 0.5) is 8.78 Å². The van der Waals surface area contributed by atoms with Crippen LogP contribution in [0.25, 0.3) is 0 Å². The van der Waals surface area contributed by atoms with Crippen molar-refractivity contribution in [3.05, 3.63) is 0 Å². The molecule has 0 aromatic heterocycles. The molecular weight excluding hydrogens is 236 g/mol. The van der Waals surface area contributed by atoms with Gasteiger partial charge in [-0.25, -0.2) is 0 Å². The second-order valence-electron chi connectivity index (χ2n) is 3.63. The number of likely N-dealkylation sites (N-methyl/N-ethyl adjacent to an activating group) is 1. The highest BCUT2D eigenvalue weighted by Gasteiger charge is 2.40. The molecule has 0 bridgehead atoms. The Balaban J connectivity index is 2.72. The van der Waals surface area contributed by atoms with Crippen LogP contribution < -0.4 is 11.1 Å². The van der Waals surface area contributed by atoms with Crippen molar-refractivity contribution in [2.75, 3.05) is 20.1 Å². The van der Waals surface area contributed by atoms with Gasteiger partial charge >= 0.3 is 6.61 Å². The highest BCUT2D eigenvalue weighted by molar-refractivity contribution is 5.88. The third-order valence-corrected chi connectivity index (χ3v) is 2.60. The lowest BCUT2D eigenvalue weighted by atomic mass is 10.2. The van der Waals surface area contributed by atoms with E-state index in [9.17, 15) is 18.4 Å². The summed E-state index contributed by atoms with van der Waals surface area (Å²) in [5.74, 6) is -0.869. The lowest BCUT2D eigenvalue weighted by molar-refractivity contribution is -0.160. The first-order chi connectivity index (χ1) is 7.99. The molecule has 1 fully saturated rings. The summed E-state index contributed by atoms with van der Waals surface area (Å²) in [4.78, 5) is 24.1. The molecule has 1 heterocycles. The number of nitrogens with one attached hydrogen (secondary N) is 1. The number of carbonyl (C=O) groups is 2. The number of halogens is 2. The van der Waals surface area contributed by atoms with Gasteiger partial charge in [-0.2, -0.15) is 8.78 Å². The fraction of sp³-hybridized carbons (Fsp3) is 0.778. The third kappa shape index (κ3) is 3.34. The van der Waals surface area contributed by atoms with Gasteiger partial charge < -0.3 is 20.7 Å². The maximum atomic E-state index is 12.1. The molecule has 1 saturated heterocycles. The van der Waals surface area contributed by atoms with Gasteiger partial charge in [-0.1, -0.05) is 0 Å². The Bertz CT molecular complexity index is 277. The summed E-state index contributed by atoms with van der Waals surface area (Å²) in [6.45, 7) is -3.23. The van der Waals surface area contributed by atoms with Crippen LogP contribution in [0.15, 0.2) is 0 Å². The summed E-state index contributed by atoms with van der Waals surface area (Å²) in [6, 6.07) is -0.792. The van der Waals surface area contributed by atoms with Gasteiger partial charge in [-0.05, 0) is 0 Å². The number of carbonyl (C=O) groups excluding carboxylic acids is 2. The van der Waals surface area contributed by atoms with Crippen LogP contribution in [0.1, 0.15) is 6.42 Å². The summed E-state index contributed by atoms with van der Waals surface area (Å²) in [5.41, 5.74) is 5.19. The molecule has 1 aliphatic rings. The maximum Gasteiger partial charge on any atom is 0.345 e. The van der Waals surface area contributed by atoms with Crippen molar-refractivity contribution < 1.29 is 23.1 Å². The Morgan fingerprint density at radius 3 is 2.71 bits per heavy atom. The van der Waals surface area contributed by atoms with Crippen LogP contribution in [0.3, 0.4) is 0 Å². The first kappa shape index (κ1) is 13.8. The Labute approximate surface area is 97.1 Å². The number of ether oxygens (including phenoxy) is 1. The molecule has 1 aliphatic heterocycles. The van der Waals surface area contributed by atoms with Crippen LogP contribution >= 0.6 is 0 Å². The van der Waals surface area contributed by atoms with Crippen molar-refractivity contribution >= 4 is 11.8 Å². The molecule has 1 rings (SSSR count). The monoisotopic (exact) mass is 251 g/mol. The highest BCUT2D eigenvalue weighted by atomic mass is 19.3. The maximum absolute atomic E-state index is 12.1. The van der Waals surface area contributed by atoms with Crippen molar-refractivity contribution in [2.24, 2.45) is 5.73 Å². The number of alkyl halides is 2. The predicted molar refractivity (Wildman–Crippen MR) is 54.1 cm³/mol. The zero-order valence-electron chi connectivity index (χ0n) is 9.36. The average Bonchev–Trinajstić information content (AvgIpc) is 2.69. The summed E-state index contributed by atoms with van der Waals surface area (Å²) in [7, 11) is 1.41. The molecular formula is C9H15F2N3O3. The van der Waals surface area contributed by atoms with E-state index in [0.717, 1.165) is 0 Å². The third-order valence-electron chi connectivity index (χ3n) is 2.60. The van der Waals surface area contributed by atoms with E-state index < -0.39 is 30.6 Å². The second kappa shape index (κ2) is 5.87. The number of likely N-dealkylation sites (tertiary alicyclic amines) is 1. The molecule has 0 radical (unpaired) electrons. The molecule has 2 atom stereocenters. The lowest BCUT2D eigenvalue weighted by Crippen LogP contribution is -2.47. The Morgan fingerprint density at radius 2 is 2.24 bits per heavy atom. The zero-order valence-corrected chi connectivity index (χ0v) is 9.36. The normalized spacial score (nSPS) is 24.2. The summed E-state index contributed by atoms with van der Waals surface area (Å²) in [6.07, 6.45) is -0.789. The minimum atomic E-state index is -2.92. The zero-order chi connectivity index (χ0) is 13.0. The lowest BCUT2D eigenvalue weighted by Gasteiger charge is -2.22. The number of nitrogens with zero attached hydrogens (tertiary/aromatic N) is 1. The van der Waals surface area contributed by atoms with Crippen LogP contribution in [-0.2, 0) is 14.3 Å². The van der Waals surface area contributed by atoms with Crippen LogP contribution in [0.2, 0.25) is 0 Å². The van der Waals surface area contributed by atoms with Gasteiger partial charge in [0.15, 0.2) is 0 Å². The highest BCUT2D eigenvalue weighted by Crippen LogP contribution is 2.22. The van der Waals surface area contributed by atoms with Crippen molar-refractivity contribution in [3.8, 4) is 0 Å². The van der Waals surface area contributed by atoms with E-state index in [1.54, 1.807) is 0 Å². The molecule has 8 heteroatoms. The Morgan fingerprint density at radius 1 is 1.59 bits per heavy atom. The minimum Gasteiger partial charge on any atom is -0.357 e. The summed E-state index contributed by atoms with van der Waals surface area (Å²) >= 11 is 0. The smallest absolute Gasteiger partial charge is 0.345 e. The van der Waals surface area contributed by atoms with Crippen molar-refractivity contribution in [1.29, 1.82) is 0 Å². The number of nitrogens with two attached hydrogens (primary N) is 1. The largest absolute Gasteiger partial charge is 0.357 e. The van der Waals surface area contributed by atoms with Gasteiger partial charge in [0.2, 0.25) is 11.8 Å². The molecule has 98 valence electrons. The minimum absolute atomic E-state index is 0.0432. The summed E-state index contributed by atoms with van der Waals surface area (Å²) in [5, 5.41) is 2.37. The van der Waals surface area contributed by atoms with Crippen LogP contribution in [0, 0.1) is 0 Å². The molecule has 6 nitrogen and oxygen atoms in total. The van der Waals surface area contributed by atoms with Gasteiger partial charge in [0, 0.05) is 20.0 Å². The van der Waals surface area contributed by atoms with Gasteiger partial charge in [-0.15, -0.1) is 0 Å². The number of hydrogen-bond donors (Lipinski definition) is 2. The van der Waals surface area contributed by atoms with Gasteiger partial charge in [-0.3, -0.25) is 9.59 Å². The summed E-state index contributed by atoms with van der Waals surface area (Å²) < 4.78 is 28.4. The average molecular weight is 251 g/mol. The second-order valence-corrected chi connectivity index (χ2v) is 3.63. The topological polar surface area (TPSA) is 84.7 Å². The van der Waals surface area contributed by atoms with E-state index >= 15 is 0 Å². The molecule has 0 aromatic carbocycles. The van der Waals surface area contributed by atoms with Crippen molar-refractivity contribution in [2.45, 2.75) is 25.2 Å². The number of hydrogen-bond acceptors (Lipinski definition) is 4. The molecule has 0 aliphatic carbocycles. The number of rotatable bonds is 4. The van der Waals surface area contributed by atoms with E-state index in [1.165, 1.54) is 11.9 Å². The number of amides is 2. The SMILES string of the molecule is CNC(=O)[C@@H]1C[C@@H](OC(F)F)CN1C(=O)CN. The van der Waals surface area contributed by atoms with Crippen molar-refractivity contribution in [3.63, 3.8) is 0 Å². The predicted octanol–water partition coefficient (Wildman–Crippen LogP) is -1.10. The van der Waals surface area contributed by atoms with E-state index in [-0.39, 0.29) is 19.5 Å². The molecule has 17 heavy (non-hydrogen) atoms. The van der Waals surface area contributed by atoms with Gasteiger partial charge in [0.05, 0.1) is 12.6 Å². The molecule has 0 aromatic rings. The standard InChI is InChI=1S/C9H15F2N3O3/c1-13-8(16)6-2-5(17-9(10)11)4-14(6)7(15)3-12/h5-6,9H,2-4,12H2,1H3,(H,13,16)/t5-,6+/m1/s1. The van der Waals surface area contributed by atoms with Crippen LogP contribution in [0.5, 0.6) is 0 Å². The Hall–Kier alpha value is -1.28. The molecule has 3 N–H and O–H groups in total. The fourth-order valence-corrected chi connectivity index (χ4v) is 1.85. The molecule has 0 spiro atoms. The first-order valence-corrected chi connectivity index (χ1v) is 5.14. The van der Waals surface area contributed by atoms with Gasteiger partial charge in [0.25, 0.3) is 0 Å².